The highest BCUT2D eigenvalue weighted by molar-refractivity contribution is 7.93. The van der Waals surface area contributed by atoms with Crippen molar-refractivity contribution in [2.24, 2.45) is 0 Å². The summed E-state index contributed by atoms with van der Waals surface area (Å²) < 4.78 is 66.5. The first-order valence-electron chi connectivity index (χ1n) is 7.99. The third-order valence-electron chi connectivity index (χ3n) is 3.98. The monoisotopic (exact) mass is 439 g/mol. The molecule has 0 atom stereocenters. The number of rotatable bonds is 5. The van der Waals surface area contributed by atoms with Gasteiger partial charge in [-0.2, -0.15) is 0 Å². The molecule has 0 saturated heterocycles. The maximum absolute atomic E-state index is 13.0. The molecule has 146 valence electrons. The molecular formula is C19H15ClFNO4S2. The molecule has 0 bridgehead atoms. The standard InChI is InChI=1S/C19H15ClFNO4S2/c1-13-2-9-18(27(23,24)17-10-3-14(20)4-11-17)12-19(13)28(25,26)22-16-7-5-15(21)6-8-16/h2-12,22H,1H3. The lowest BCUT2D eigenvalue weighted by atomic mass is 10.2. The zero-order valence-electron chi connectivity index (χ0n) is 14.6. The van der Waals surface area contributed by atoms with Gasteiger partial charge in [-0.15, -0.1) is 0 Å². The first-order chi connectivity index (χ1) is 13.1. The Balaban J connectivity index is 2.03. The van der Waals surface area contributed by atoms with Crippen LogP contribution in [0.1, 0.15) is 5.56 Å². The van der Waals surface area contributed by atoms with Gasteiger partial charge >= 0.3 is 0 Å². The van der Waals surface area contributed by atoms with E-state index in [1.54, 1.807) is 6.92 Å². The van der Waals surface area contributed by atoms with Crippen molar-refractivity contribution in [3.05, 3.63) is 83.1 Å². The van der Waals surface area contributed by atoms with E-state index in [1.165, 1.54) is 48.5 Å². The van der Waals surface area contributed by atoms with Crippen molar-refractivity contribution < 1.29 is 21.2 Å². The van der Waals surface area contributed by atoms with Crippen LogP contribution in [0.15, 0.2) is 81.4 Å². The number of nitrogens with one attached hydrogen (secondary N) is 1. The van der Waals surface area contributed by atoms with Crippen molar-refractivity contribution >= 4 is 37.1 Å². The summed E-state index contributed by atoms with van der Waals surface area (Å²) >= 11 is 5.79. The Morgan fingerprint density at radius 2 is 1.39 bits per heavy atom. The summed E-state index contributed by atoms with van der Waals surface area (Å²) in [4.78, 5) is -0.359. The van der Waals surface area contributed by atoms with Crippen LogP contribution in [0, 0.1) is 12.7 Å². The minimum absolute atomic E-state index is 0.00408. The van der Waals surface area contributed by atoms with E-state index in [0.717, 1.165) is 18.2 Å². The van der Waals surface area contributed by atoms with Gasteiger partial charge in [0.05, 0.1) is 14.7 Å². The van der Waals surface area contributed by atoms with Gasteiger partial charge in [-0.3, -0.25) is 4.72 Å². The molecule has 28 heavy (non-hydrogen) atoms. The summed E-state index contributed by atoms with van der Waals surface area (Å²) in [6.07, 6.45) is 0. The van der Waals surface area contributed by atoms with Crippen LogP contribution >= 0.6 is 11.6 Å². The van der Waals surface area contributed by atoms with Gasteiger partial charge in [0.25, 0.3) is 10.0 Å². The van der Waals surface area contributed by atoms with E-state index in [9.17, 15) is 21.2 Å². The minimum atomic E-state index is -4.09. The lowest BCUT2D eigenvalue weighted by Gasteiger charge is -2.12. The van der Waals surface area contributed by atoms with E-state index in [1.807, 2.05) is 0 Å². The van der Waals surface area contributed by atoms with Crippen LogP contribution in [0.4, 0.5) is 10.1 Å². The average molecular weight is 440 g/mol. The number of halogens is 2. The number of anilines is 1. The van der Waals surface area contributed by atoms with E-state index in [4.69, 9.17) is 11.6 Å². The first-order valence-corrected chi connectivity index (χ1v) is 11.3. The van der Waals surface area contributed by atoms with Gasteiger partial charge in [-0.1, -0.05) is 17.7 Å². The highest BCUT2D eigenvalue weighted by Gasteiger charge is 2.23. The number of sulfone groups is 1. The van der Waals surface area contributed by atoms with Crippen molar-refractivity contribution in [3.63, 3.8) is 0 Å². The number of benzene rings is 3. The molecule has 3 aromatic carbocycles. The van der Waals surface area contributed by atoms with Gasteiger partial charge in [-0.05, 0) is 73.2 Å². The molecule has 3 rings (SSSR count). The second-order valence-corrected chi connectivity index (χ2v) is 10.0. The Morgan fingerprint density at radius 1 is 0.821 bits per heavy atom. The van der Waals surface area contributed by atoms with E-state index < -0.39 is 25.7 Å². The molecule has 0 unspecified atom stereocenters. The fourth-order valence-electron chi connectivity index (χ4n) is 2.51. The van der Waals surface area contributed by atoms with Crippen LogP contribution in [-0.4, -0.2) is 16.8 Å². The molecule has 0 aliphatic rings. The summed E-state index contributed by atoms with van der Waals surface area (Å²) in [6.45, 7) is 1.55. The van der Waals surface area contributed by atoms with Gasteiger partial charge < -0.3 is 0 Å². The summed E-state index contributed by atoms with van der Waals surface area (Å²) in [7, 11) is -8.02. The predicted molar refractivity (Wildman–Crippen MR) is 105 cm³/mol. The van der Waals surface area contributed by atoms with Crippen molar-refractivity contribution in [1.29, 1.82) is 0 Å². The fraction of sp³-hybridized carbons (Fsp3) is 0.0526. The molecule has 0 amide bonds. The average Bonchev–Trinajstić information content (AvgIpc) is 2.64. The second kappa shape index (κ2) is 7.54. The number of aryl methyl sites for hydroxylation is 1. The van der Waals surface area contributed by atoms with Gasteiger partial charge in [0.15, 0.2) is 0 Å². The molecule has 9 heteroatoms. The van der Waals surface area contributed by atoms with Crippen molar-refractivity contribution in [2.45, 2.75) is 21.6 Å². The molecule has 0 aliphatic heterocycles. The third-order valence-corrected chi connectivity index (χ3v) is 7.52. The summed E-state index contributed by atoms with van der Waals surface area (Å²) in [5, 5.41) is 0.384. The highest BCUT2D eigenvalue weighted by Crippen LogP contribution is 2.27. The number of hydrogen-bond donors (Lipinski definition) is 1. The maximum atomic E-state index is 13.0. The maximum Gasteiger partial charge on any atom is 0.262 e. The van der Waals surface area contributed by atoms with Crippen LogP contribution in [-0.2, 0) is 19.9 Å². The van der Waals surface area contributed by atoms with Crippen LogP contribution in [0.3, 0.4) is 0 Å². The predicted octanol–water partition coefficient (Wildman–Crippen LogP) is 4.42. The Morgan fingerprint density at radius 3 is 2.00 bits per heavy atom. The Labute approximate surface area is 167 Å². The van der Waals surface area contributed by atoms with Gasteiger partial charge in [0, 0.05) is 10.7 Å². The molecular weight excluding hydrogens is 425 g/mol. The first kappa shape index (κ1) is 20.3. The zero-order valence-corrected chi connectivity index (χ0v) is 16.9. The molecule has 0 spiro atoms. The summed E-state index contributed by atoms with van der Waals surface area (Å²) in [6, 6.07) is 14.2. The highest BCUT2D eigenvalue weighted by atomic mass is 35.5. The van der Waals surface area contributed by atoms with Crippen LogP contribution in [0.2, 0.25) is 5.02 Å². The van der Waals surface area contributed by atoms with E-state index >= 15 is 0 Å². The molecule has 0 fully saturated rings. The van der Waals surface area contributed by atoms with E-state index in [-0.39, 0.29) is 20.4 Å². The van der Waals surface area contributed by atoms with Crippen LogP contribution in [0.25, 0.3) is 0 Å². The lowest BCUT2D eigenvalue weighted by molar-refractivity contribution is 0.595. The van der Waals surface area contributed by atoms with Crippen molar-refractivity contribution in [3.8, 4) is 0 Å². The Kier molecular flexibility index (Phi) is 5.47. The second-order valence-electron chi connectivity index (χ2n) is 6.00. The SMILES string of the molecule is Cc1ccc(S(=O)(=O)c2ccc(Cl)cc2)cc1S(=O)(=O)Nc1ccc(F)cc1. The van der Waals surface area contributed by atoms with Gasteiger partial charge in [0.1, 0.15) is 5.82 Å². The molecule has 1 N–H and O–H groups in total. The van der Waals surface area contributed by atoms with Gasteiger partial charge in [0.2, 0.25) is 9.84 Å². The Bertz CT molecular complexity index is 1220. The number of hydrogen-bond acceptors (Lipinski definition) is 4. The molecule has 0 heterocycles. The van der Waals surface area contributed by atoms with Crippen molar-refractivity contribution in [2.75, 3.05) is 4.72 Å². The van der Waals surface area contributed by atoms with Crippen LogP contribution in [0.5, 0.6) is 0 Å². The van der Waals surface area contributed by atoms with Crippen LogP contribution < -0.4 is 4.72 Å². The minimum Gasteiger partial charge on any atom is -0.280 e. The number of sulfonamides is 1. The molecule has 0 aromatic heterocycles. The van der Waals surface area contributed by atoms with E-state index in [0.29, 0.717) is 10.6 Å². The van der Waals surface area contributed by atoms with Crippen molar-refractivity contribution in [1.82, 2.24) is 0 Å². The van der Waals surface area contributed by atoms with Gasteiger partial charge in [-0.25, -0.2) is 21.2 Å². The topological polar surface area (TPSA) is 80.3 Å². The summed E-state index contributed by atoms with van der Waals surface area (Å²) in [5.74, 6) is -0.504. The summed E-state index contributed by atoms with van der Waals surface area (Å²) in [5.41, 5.74) is 0.524. The molecule has 0 aliphatic carbocycles. The molecule has 0 radical (unpaired) electrons. The normalized spacial score (nSPS) is 12.0. The lowest BCUT2D eigenvalue weighted by Crippen LogP contribution is -2.15. The third kappa shape index (κ3) is 4.19. The molecule has 5 nitrogen and oxygen atoms in total. The molecule has 3 aromatic rings. The largest absolute Gasteiger partial charge is 0.280 e. The van der Waals surface area contributed by atoms with E-state index in [2.05, 4.69) is 4.72 Å². The molecule has 0 saturated carbocycles. The Hall–Kier alpha value is -2.42. The smallest absolute Gasteiger partial charge is 0.262 e. The fourth-order valence-corrected chi connectivity index (χ4v) is 5.33. The quantitative estimate of drug-likeness (QED) is 0.638. The zero-order chi connectivity index (χ0) is 20.5.